The van der Waals surface area contributed by atoms with E-state index in [0.29, 0.717) is 17.1 Å². The Bertz CT molecular complexity index is 1090. The van der Waals surface area contributed by atoms with Crippen molar-refractivity contribution in [2.45, 2.75) is 26.1 Å². The molecular formula is C23H18F3NO2. The first-order chi connectivity index (χ1) is 13.8. The van der Waals surface area contributed by atoms with E-state index in [1.807, 2.05) is 6.07 Å². The Kier molecular flexibility index (Phi) is 5.79. The van der Waals surface area contributed by atoms with Crippen LogP contribution in [0.4, 0.5) is 13.2 Å². The molecule has 0 aliphatic heterocycles. The molecule has 0 saturated heterocycles. The Hall–Kier alpha value is -3.46. The zero-order chi connectivity index (χ0) is 21.0. The molecule has 3 rings (SSSR count). The van der Waals surface area contributed by atoms with E-state index in [2.05, 4.69) is 17.2 Å². The average Bonchev–Trinajstić information content (AvgIpc) is 2.67. The maximum Gasteiger partial charge on any atom is 0.416 e. The minimum absolute atomic E-state index is 0.240. The third-order valence-corrected chi connectivity index (χ3v) is 4.22. The number of carbonyl (C=O) groups excluding carboxylic acids is 1. The lowest BCUT2D eigenvalue weighted by Gasteiger charge is -2.12. The third kappa shape index (κ3) is 4.88. The second kappa shape index (κ2) is 8.27. The Morgan fingerprint density at radius 1 is 1.07 bits per heavy atom. The summed E-state index contributed by atoms with van der Waals surface area (Å²) >= 11 is 0. The Morgan fingerprint density at radius 2 is 1.79 bits per heavy atom. The molecular weight excluding hydrogens is 379 g/mol. The molecule has 0 fully saturated rings. The van der Waals surface area contributed by atoms with Crippen LogP contribution in [0.25, 0.3) is 10.8 Å². The third-order valence-electron chi connectivity index (χ3n) is 4.22. The minimum Gasteiger partial charge on any atom is -0.457 e. The van der Waals surface area contributed by atoms with E-state index in [0.717, 1.165) is 22.9 Å². The van der Waals surface area contributed by atoms with Gasteiger partial charge in [-0.15, -0.1) is 5.92 Å². The molecule has 1 N–H and O–H groups in total. The zero-order valence-corrected chi connectivity index (χ0v) is 15.8. The van der Waals surface area contributed by atoms with E-state index in [1.54, 1.807) is 44.2 Å². The van der Waals surface area contributed by atoms with E-state index in [1.165, 1.54) is 12.1 Å². The van der Waals surface area contributed by atoms with Gasteiger partial charge in [0.1, 0.15) is 11.5 Å². The van der Waals surface area contributed by atoms with Gasteiger partial charge in [-0.05, 0) is 67.8 Å². The van der Waals surface area contributed by atoms with Crippen LogP contribution in [0.5, 0.6) is 11.5 Å². The van der Waals surface area contributed by atoms with Crippen LogP contribution in [0.3, 0.4) is 0 Å². The van der Waals surface area contributed by atoms with Crippen molar-refractivity contribution in [2.24, 2.45) is 0 Å². The molecule has 0 spiro atoms. The molecule has 3 nitrogen and oxygen atoms in total. The first-order valence-electron chi connectivity index (χ1n) is 8.89. The molecule has 0 saturated carbocycles. The number of halogens is 3. The molecule has 3 aromatic carbocycles. The summed E-state index contributed by atoms with van der Waals surface area (Å²) in [5.74, 6) is 6.15. The lowest BCUT2D eigenvalue weighted by Crippen LogP contribution is -2.31. The molecule has 3 aromatic rings. The van der Waals surface area contributed by atoms with Gasteiger partial charge in [-0.25, -0.2) is 0 Å². The number of hydrogen-bond acceptors (Lipinski definition) is 2. The highest BCUT2D eigenvalue weighted by Gasteiger charge is 2.30. The monoisotopic (exact) mass is 397 g/mol. The van der Waals surface area contributed by atoms with E-state index >= 15 is 0 Å². The van der Waals surface area contributed by atoms with Crippen molar-refractivity contribution in [3.63, 3.8) is 0 Å². The van der Waals surface area contributed by atoms with Crippen LogP contribution in [0.2, 0.25) is 0 Å². The second-order valence-electron chi connectivity index (χ2n) is 6.41. The quantitative estimate of drug-likeness (QED) is 0.566. The maximum absolute atomic E-state index is 12.7. The highest BCUT2D eigenvalue weighted by atomic mass is 19.4. The number of fused-ring (bicyclic) bond motifs is 1. The van der Waals surface area contributed by atoms with Crippen LogP contribution in [0, 0.1) is 11.8 Å². The van der Waals surface area contributed by atoms with Crippen LogP contribution >= 0.6 is 0 Å². The molecule has 1 amide bonds. The maximum atomic E-state index is 12.7. The predicted molar refractivity (Wildman–Crippen MR) is 106 cm³/mol. The average molecular weight is 397 g/mol. The van der Waals surface area contributed by atoms with Crippen molar-refractivity contribution in [3.05, 3.63) is 71.8 Å². The molecule has 1 atom stereocenters. The fraction of sp³-hybridized carbons (Fsp3) is 0.174. The number of amides is 1. The largest absolute Gasteiger partial charge is 0.457 e. The molecule has 148 valence electrons. The van der Waals surface area contributed by atoms with Gasteiger partial charge in [0.25, 0.3) is 5.91 Å². The van der Waals surface area contributed by atoms with Gasteiger partial charge in [0.2, 0.25) is 0 Å². The Morgan fingerprint density at radius 3 is 2.45 bits per heavy atom. The van der Waals surface area contributed by atoms with E-state index in [-0.39, 0.29) is 11.9 Å². The lowest BCUT2D eigenvalue weighted by atomic mass is 10.1. The highest BCUT2D eigenvalue weighted by Crippen LogP contribution is 2.33. The van der Waals surface area contributed by atoms with Crippen LogP contribution in [-0.4, -0.2) is 11.9 Å². The molecule has 0 aliphatic rings. The lowest BCUT2D eigenvalue weighted by molar-refractivity contribution is -0.137. The number of carbonyl (C=O) groups is 1. The standard InChI is InChI=1S/C23H18F3NO2/c1-3-5-15(2)27-22(28)17-8-13-20-16(14-17)6-4-7-21(20)29-19-11-9-18(10-12-19)23(24,25)26/h4,6-15H,1-2H3,(H,27,28)/t15-/m0/s1. The van der Waals surface area contributed by atoms with E-state index < -0.39 is 11.7 Å². The first kappa shape index (κ1) is 20.3. The number of hydrogen-bond donors (Lipinski definition) is 1. The highest BCUT2D eigenvalue weighted by molar-refractivity contribution is 6.00. The smallest absolute Gasteiger partial charge is 0.416 e. The summed E-state index contributed by atoms with van der Waals surface area (Å²) in [5.41, 5.74) is -0.255. The molecule has 0 bridgehead atoms. The van der Waals surface area contributed by atoms with Crippen LogP contribution in [0.1, 0.15) is 29.8 Å². The van der Waals surface area contributed by atoms with E-state index in [9.17, 15) is 18.0 Å². The molecule has 0 aromatic heterocycles. The fourth-order valence-electron chi connectivity index (χ4n) is 2.86. The summed E-state index contributed by atoms with van der Waals surface area (Å²) in [6, 6.07) is 14.7. The summed E-state index contributed by atoms with van der Waals surface area (Å²) < 4.78 is 43.9. The van der Waals surface area contributed by atoms with Gasteiger partial charge in [0.05, 0.1) is 11.6 Å². The van der Waals surface area contributed by atoms with Gasteiger partial charge in [0.15, 0.2) is 0 Å². The molecule has 0 heterocycles. The van der Waals surface area contributed by atoms with Crippen molar-refractivity contribution in [1.29, 1.82) is 0 Å². The normalized spacial score (nSPS) is 12.0. The summed E-state index contributed by atoms with van der Waals surface area (Å²) in [6.45, 7) is 3.50. The van der Waals surface area contributed by atoms with Crippen molar-refractivity contribution in [2.75, 3.05) is 0 Å². The van der Waals surface area contributed by atoms with Gasteiger partial charge in [-0.3, -0.25) is 4.79 Å². The van der Waals surface area contributed by atoms with Gasteiger partial charge >= 0.3 is 6.18 Å². The molecule has 0 radical (unpaired) electrons. The van der Waals surface area contributed by atoms with Crippen molar-refractivity contribution < 1.29 is 22.7 Å². The molecule has 0 aliphatic carbocycles. The van der Waals surface area contributed by atoms with E-state index in [4.69, 9.17) is 4.74 Å². The number of nitrogens with one attached hydrogen (secondary N) is 1. The molecule has 0 unspecified atom stereocenters. The van der Waals surface area contributed by atoms with Gasteiger partial charge < -0.3 is 10.1 Å². The first-order valence-corrected chi connectivity index (χ1v) is 8.89. The van der Waals surface area contributed by atoms with Crippen molar-refractivity contribution in [1.82, 2.24) is 5.32 Å². The van der Waals surface area contributed by atoms with Crippen LogP contribution < -0.4 is 10.1 Å². The second-order valence-corrected chi connectivity index (χ2v) is 6.41. The number of rotatable bonds is 4. The predicted octanol–water partition coefficient (Wildman–Crippen LogP) is 5.79. The summed E-state index contributed by atoms with van der Waals surface area (Å²) in [6.07, 6.45) is -4.39. The summed E-state index contributed by atoms with van der Waals surface area (Å²) in [4.78, 5) is 12.4. The molecule has 6 heteroatoms. The van der Waals surface area contributed by atoms with Gasteiger partial charge in [-0.2, -0.15) is 13.2 Å². The topological polar surface area (TPSA) is 38.3 Å². The number of ether oxygens (including phenoxy) is 1. The van der Waals surface area contributed by atoms with Gasteiger partial charge in [-0.1, -0.05) is 18.1 Å². The Labute approximate surface area is 166 Å². The van der Waals surface area contributed by atoms with Crippen LogP contribution in [-0.2, 0) is 6.18 Å². The fourth-order valence-corrected chi connectivity index (χ4v) is 2.86. The summed E-state index contributed by atoms with van der Waals surface area (Å²) in [5, 5.41) is 4.31. The number of alkyl halides is 3. The minimum atomic E-state index is -4.39. The van der Waals surface area contributed by atoms with Gasteiger partial charge in [0, 0.05) is 10.9 Å². The zero-order valence-electron chi connectivity index (χ0n) is 15.8. The van der Waals surface area contributed by atoms with Crippen molar-refractivity contribution in [3.8, 4) is 23.3 Å². The Balaban J connectivity index is 1.85. The summed E-state index contributed by atoms with van der Waals surface area (Å²) in [7, 11) is 0. The van der Waals surface area contributed by atoms with Crippen molar-refractivity contribution >= 4 is 16.7 Å². The molecule has 29 heavy (non-hydrogen) atoms. The van der Waals surface area contributed by atoms with Crippen LogP contribution in [0.15, 0.2) is 60.7 Å². The number of benzene rings is 3. The SMILES string of the molecule is CC#C[C@H](C)NC(=O)c1ccc2c(Oc3ccc(C(F)(F)F)cc3)cccc2c1.